The van der Waals surface area contributed by atoms with Crippen LogP contribution in [0.15, 0.2) is 59.5 Å². The fourth-order valence-electron chi connectivity index (χ4n) is 4.31. The number of rotatable bonds is 7. The molecule has 0 unspecified atom stereocenters. The number of anilines is 2. The minimum Gasteiger partial charge on any atom is -0.453 e. The van der Waals surface area contributed by atoms with Gasteiger partial charge in [0.15, 0.2) is 0 Å². The summed E-state index contributed by atoms with van der Waals surface area (Å²) in [4.78, 5) is 40.1. The number of amides is 3. The molecule has 0 saturated carbocycles. The maximum absolute atomic E-state index is 13.2. The Labute approximate surface area is 225 Å². The summed E-state index contributed by atoms with van der Waals surface area (Å²) >= 11 is 1.23. The predicted molar refractivity (Wildman–Crippen MR) is 145 cm³/mol. The van der Waals surface area contributed by atoms with Gasteiger partial charge >= 0.3 is 6.09 Å². The van der Waals surface area contributed by atoms with Gasteiger partial charge in [-0.05, 0) is 55.3 Å². The van der Waals surface area contributed by atoms with Gasteiger partial charge in [-0.25, -0.2) is 13.2 Å². The Morgan fingerprint density at radius 2 is 1.74 bits per heavy atom. The third-order valence-electron chi connectivity index (χ3n) is 6.21. The molecule has 1 aliphatic heterocycles. The van der Waals surface area contributed by atoms with E-state index in [9.17, 15) is 22.8 Å². The van der Waals surface area contributed by atoms with Gasteiger partial charge in [-0.2, -0.15) is 0 Å². The van der Waals surface area contributed by atoms with E-state index in [2.05, 4.69) is 10.6 Å². The molecule has 2 aromatic carbocycles. The van der Waals surface area contributed by atoms with Crippen LogP contribution in [-0.4, -0.2) is 58.5 Å². The molecule has 0 spiro atoms. The zero-order valence-electron chi connectivity index (χ0n) is 21.2. The maximum atomic E-state index is 13.2. The third-order valence-corrected chi connectivity index (χ3v) is 9.26. The van der Waals surface area contributed by atoms with Gasteiger partial charge < -0.3 is 20.3 Å². The second-order valence-electron chi connectivity index (χ2n) is 8.41. The van der Waals surface area contributed by atoms with E-state index in [0.29, 0.717) is 29.2 Å². The molecule has 0 atom stereocenters. The molecule has 2 heterocycles. The van der Waals surface area contributed by atoms with Crippen molar-refractivity contribution in [2.24, 2.45) is 0 Å². The quantitative estimate of drug-likeness (QED) is 0.457. The van der Waals surface area contributed by atoms with E-state index in [-0.39, 0.29) is 29.5 Å². The molecule has 3 amide bonds. The van der Waals surface area contributed by atoms with Crippen LogP contribution in [0.4, 0.5) is 15.5 Å². The van der Waals surface area contributed by atoms with Crippen LogP contribution in [0.25, 0.3) is 0 Å². The fraction of sp³-hybridized carbons (Fsp3) is 0.269. The van der Waals surface area contributed by atoms with Crippen molar-refractivity contribution >= 4 is 50.0 Å². The molecule has 10 nitrogen and oxygen atoms in total. The van der Waals surface area contributed by atoms with E-state index in [0.717, 1.165) is 10.4 Å². The molecule has 38 heavy (non-hydrogen) atoms. The number of fused-ring (bicyclic) bond motifs is 1. The van der Waals surface area contributed by atoms with Gasteiger partial charge in [-0.3, -0.25) is 13.9 Å². The molecule has 200 valence electrons. The van der Waals surface area contributed by atoms with E-state index < -0.39 is 22.0 Å². The number of para-hydroxylation sites is 1. The Kier molecular flexibility index (Phi) is 8.02. The summed E-state index contributed by atoms with van der Waals surface area (Å²) in [6.45, 7) is 2.66. The van der Waals surface area contributed by atoms with Crippen LogP contribution < -0.4 is 14.9 Å². The number of carbonyl (C=O) groups is 3. The number of nitrogens with one attached hydrogen (secondary N) is 2. The van der Waals surface area contributed by atoms with Crippen molar-refractivity contribution in [1.29, 1.82) is 0 Å². The molecule has 0 radical (unpaired) electrons. The van der Waals surface area contributed by atoms with Crippen LogP contribution in [0.1, 0.15) is 38.1 Å². The van der Waals surface area contributed by atoms with E-state index in [1.165, 1.54) is 59.0 Å². The molecule has 0 bridgehead atoms. The van der Waals surface area contributed by atoms with Crippen molar-refractivity contribution < 1.29 is 27.5 Å². The highest BCUT2D eigenvalue weighted by Crippen LogP contribution is 2.37. The number of carbonyl (C=O) groups excluding carboxylic acids is 3. The van der Waals surface area contributed by atoms with Gasteiger partial charge in [-0.1, -0.05) is 18.2 Å². The van der Waals surface area contributed by atoms with Crippen LogP contribution in [0.3, 0.4) is 0 Å². The third kappa shape index (κ3) is 5.22. The van der Waals surface area contributed by atoms with Gasteiger partial charge in [0.2, 0.25) is 0 Å². The fourth-order valence-corrected chi connectivity index (χ4v) is 7.04. The molecule has 1 aliphatic rings. The lowest BCUT2D eigenvalue weighted by molar-refractivity contribution is 0.0962. The maximum Gasteiger partial charge on any atom is 0.409 e. The van der Waals surface area contributed by atoms with E-state index >= 15 is 0 Å². The Morgan fingerprint density at radius 3 is 2.34 bits per heavy atom. The highest BCUT2D eigenvalue weighted by Gasteiger charge is 2.31. The summed E-state index contributed by atoms with van der Waals surface area (Å²) < 4.78 is 32.6. The SMILES string of the molecule is CCN(c1ccccc1)S(=O)(=O)c1ccc(C(=O)Nc2sc3c(c2C(=O)NC)CCN(C(=O)OC)C3)cc1. The first-order chi connectivity index (χ1) is 18.2. The van der Waals surface area contributed by atoms with Crippen molar-refractivity contribution in [1.82, 2.24) is 10.2 Å². The summed E-state index contributed by atoms with van der Waals surface area (Å²) in [6.07, 6.45) is -0.0124. The molecule has 2 N–H and O–H groups in total. The van der Waals surface area contributed by atoms with Gasteiger partial charge in [-0.15, -0.1) is 11.3 Å². The number of ether oxygens (including phenoxy) is 1. The molecule has 3 aromatic rings. The molecule has 4 rings (SSSR count). The molecule has 0 saturated heterocycles. The lowest BCUT2D eigenvalue weighted by Crippen LogP contribution is -2.35. The Morgan fingerprint density at radius 1 is 1.05 bits per heavy atom. The number of hydrogen-bond acceptors (Lipinski definition) is 7. The lowest BCUT2D eigenvalue weighted by atomic mass is 10.0. The Hall–Kier alpha value is -3.90. The van der Waals surface area contributed by atoms with Crippen LogP contribution >= 0.6 is 11.3 Å². The summed E-state index contributed by atoms with van der Waals surface area (Å²) in [5.41, 5.74) is 1.93. The van der Waals surface area contributed by atoms with E-state index in [4.69, 9.17) is 4.74 Å². The summed E-state index contributed by atoms with van der Waals surface area (Å²) in [5, 5.41) is 5.77. The average Bonchev–Trinajstić information content (AvgIpc) is 3.29. The zero-order valence-corrected chi connectivity index (χ0v) is 22.8. The first kappa shape index (κ1) is 27.1. The monoisotopic (exact) mass is 556 g/mol. The van der Waals surface area contributed by atoms with Gasteiger partial charge in [0.25, 0.3) is 21.8 Å². The standard InChI is InChI=1S/C26H28N4O6S2/c1-4-30(18-8-6-5-7-9-18)38(34,35)19-12-10-17(11-13-19)23(31)28-25-22(24(32)27-2)20-14-15-29(26(33)36-3)16-21(20)37-25/h5-13H,4,14-16H2,1-3H3,(H,27,32)(H,28,31). The summed E-state index contributed by atoms with van der Waals surface area (Å²) in [5.74, 6) is -0.829. The van der Waals surface area contributed by atoms with Crippen molar-refractivity contribution in [2.75, 3.05) is 36.9 Å². The normalized spacial score (nSPS) is 12.9. The van der Waals surface area contributed by atoms with Gasteiger partial charge in [0, 0.05) is 30.6 Å². The Balaban J connectivity index is 1.58. The second kappa shape index (κ2) is 11.2. The smallest absolute Gasteiger partial charge is 0.409 e. The van der Waals surface area contributed by atoms with Crippen LogP contribution in [-0.2, 0) is 27.7 Å². The molecule has 1 aromatic heterocycles. The number of methoxy groups -OCH3 is 1. The molecule has 12 heteroatoms. The Bertz CT molecular complexity index is 1450. The minimum atomic E-state index is -3.84. The van der Waals surface area contributed by atoms with Crippen molar-refractivity contribution in [3.8, 4) is 0 Å². The predicted octanol–water partition coefficient (Wildman–Crippen LogP) is 3.70. The van der Waals surface area contributed by atoms with Crippen molar-refractivity contribution in [3.05, 3.63) is 76.2 Å². The van der Waals surface area contributed by atoms with Crippen molar-refractivity contribution in [3.63, 3.8) is 0 Å². The van der Waals surface area contributed by atoms with Crippen LogP contribution in [0, 0.1) is 0 Å². The zero-order chi connectivity index (χ0) is 27.4. The van der Waals surface area contributed by atoms with Crippen molar-refractivity contribution in [2.45, 2.75) is 24.8 Å². The molecular weight excluding hydrogens is 528 g/mol. The topological polar surface area (TPSA) is 125 Å². The van der Waals surface area contributed by atoms with Crippen LogP contribution in [0.5, 0.6) is 0 Å². The summed E-state index contributed by atoms with van der Waals surface area (Å²) in [7, 11) is -1.01. The number of benzene rings is 2. The minimum absolute atomic E-state index is 0.0558. The summed E-state index contributed by atoms with van der Waals surface area (Å²) in [6, 6.07) is 14.4. The highest BCUT2D eigenvalue weighted by atomic mass is 32.2. The van der Waals surface area contributed by atoms with Crippen LogP contribution in [0.2, 0.25) is 0 Å². The lowest BCUT2D eigenvalue weighted by Gasteiger charge is -2.25. The molecule has 0 fully saturated rings. The highest BCUT2D eigenvalue weighted by molar-refractivity contribution is 7.92. The number of thiophene rings is 1. The average molecular weight is 557 g/mol. The van der Waals surface area contributed by atoms with Gasteiger partial charge in [0.05, 0.1) is 29.8 Å². The largest absolute Gasteiger partial charge is 0.453 e. The second-order valence-corrected chi connectivity index (χ2v) is 11.4. The van der Waals surface area contributed by atoms with E-state index in [1.807, 2.05) is 6.07 Å². The first-order valence-corrected chi connectivity index (χ1v) is 14.2. The number of hydrogen-bond donors (Lipinski definition) is 2. The number of nitrogens with zero attached hydrogens (tertiary/aromatic N) is 2. The number of sulfonamides is 1. The molecule has 0 aliphatic carbocycles. The van der Waals surface area contributed by atoms with E-state index in [1.54, 1.807) is 31.2 Å². The first-order valence-electron chi connectivity index (χ1n) is 11.9. The molecular formula is C26H28N4O6S2. The van der Waals surface area contributed by atoms with Gasteiger partial charge in [0.1, 0.15) is 5.00 Å².